The van der Waals surface area contributed by atoms with Crippen LogP contribution in [0.2, 0.25) is 0 Å². The lowest BCUT2D eigenvalue weighted by Gasteiger charge is -2.11. The Balaban J connectivity index is 2.01. The molecule has 2 aromatic rings. The predicted molar refractivity (Wildman–Crippen MR) is 88.4 cm³/mol. The third-order valence-electron chi connectivity index (χ3n) is 3.10. The normalized spacial score (nSPS) is 10.5. The molecule has 0 atom stereocenters. The summed E-state index contributed by atoms with van der Waals surface area (Å²) in [4.78, 5) is 16.4. The van der Waals surface area contributed by atoms with E-state index in [-0.39, 0.29) is 5.91 Å². The van der Waals surface area contributed by atoms with Gasteiger partial charge in [0.05, 0.1) is 11.6 Å². The van der Waals surface area contributed by atoms with E-state index in [1.54, 1.807) is 5.38 Å². The number of hydrogen-bond donors (Lipinski definition) is 2. The predicted octanol–water partition coefficient (Wildman–Crippen LogP) is 2.28. The summed E-state index contributed by atoms with van der Waals surface area (Å²) in [6, 6.07) is 5.96. The molecule has 0 aliphatic rings. The number of amides is 1. The molecule has 1 amide bonds. The van der Waals surface area contributed by atoms with Crippen LogP contribution in [0.4, 0.5) is 0 Å². The van der Waals surface area contributed by atoms with E-state index in [1.165, 1.54) is 11.3 Å². The molecule has 0 saturated heterocycles. The van der Waals surface area contributed by atoms with Gasteiger partial charge in [-0.1, -0.05) is 12.1 Å². The van der Waals surface area contributed by atoms with Crippen LogP contribution < -0.4 is 15.8 Å². The van der Waals surface area contributed by atoms with Crippen molar-refractivity contribution < 1.29 is 9.53 Å². The van der Waals surface area contributed by atoms with E-state index >= 15 is 0 Å². The minimum absolute atomic E-state index is 0.178. The van der Waals surface area contributed by atoms with Crippen LogP contribution in [0.3, 0.4) is 0 Å². The molecule has 6 heteroatoms. The average Bonchev–Trinajstić information content (AvgIpc) is 2.96. The summed E-state index contributed by atoms with van der Waals surface area (Å²) >= 11 is 1.46. The van der Waals surface area contributed by atoms with Crippen LogP contribution in [-0.2, 0) is 13.0 Å². The van der Waals surface area contributed by atoms with Gasteiger partial charge in [0.1, 0.15) is 11.4 Å². The van der Waals surface area contributed by atoms with Crippen molar-refractivity contribution in [2.75, 3.05) is 13.2 Å². The Hall–Kier alpha value is -1.92. The summed E-state index contributed by atoms with van der Waals surface area (Å²) in [6.07, 6.45) is 0.699. The van der Waals surface area contributed by atoms with E-state index in [9.17, 15) is 4.79 Å². The number of thiazole rings is 1. The van der Waals surface area contributed by atoms with Gasteiger partial charge < -0.3 is 15.8 Å². The summed E-state index contributed by atoms with van der Waals surface area (Å²) < 4.78 is 5.61. The number of benzene rings is 1. The Morgan fingerprint density at radius 3 is 3.00 bits per heavy atom. The van der Waals surface area contributed by atoms with E-state index in [0.29, 0.717) is 31.8 Å². The van der Waals surface area contributed by atoms with Crippen LogP contribution in [0.5, 0.6) is 5.75 Å². The number of carbonyl (C=O) groups is 1. The summed E-state index contributed by atoms with van der Waals surface area (Å²) in [5.74, 6) is 0.632. The fraction of sp³-hybridized carbons (Fsp3) is 0.375. The van der Waals surface area contributed by atoms with Crippen molar-refractivity contribution in [2.24, 2.45) is 5.73 Å². The number of aryl methyl sites for hydroxylation is 1. The smallest absolute Gasteiger partial charge is 0.271 e. The second-order valence-electron chi connectivity index (χ2n) is 4.89. The number of rotatable bonds is 7. The highest BCUT2D eigenvalue weighted by Crippen LogP contribution is 2.20. The van der Waals surface area contributed by atoms with Crippen molar-refractivity contribution in [1.29, 1.82) is 0 Å². The molecule has 0 aliphatic carbocycles. The lowest BCUT2D eigenvalue weighted by molar-refractivity contribution is 0.0946. The molecule has 0 radical (unpaired) electrons. The van der Waals surface area contributed by atoms with Crippen molar-refractivity contribution in [3.05, 3.63) is 45.4 Å². The van der Waals surface area contributed by atoms with Crippen LogP contribution >= 0.6 is 11.3 Å². The van der Waals surface area contributed by atoms with Crippen molar-refractivity contribution in [1.82, 2.24) is 10.3 Å². The first kappa shape index (κ1) is 16.5. The van der Waals surface area contributed by atoms with Gasteiger partial charge in [0.2, 0.25) is 0 Å². The first-order valence-corrected chi connectivity index (χ1v) is 8.17. The van der Waals surface area contributed by atoms with Crippen molar-refractivity contribution in [3.63, 3.8) is 0 Å². The molecule has 1 heterocycles. The Kier molecular flexibility index (Phi) is 5.91. The fourth-order valence-corrected chi connectivity index (χ4v) is 2.81. The Morgan fingerprint density at radius 1 is 1.45 bits per heavy atom. The molecule has 118 valence electrons. The van der Waals surface area contributed by atoms with Gasteiger partial charge in [0.15, 0.2) is 0 Å². The number of carbonyl (C=O) groups excluding carboxylic acids is 1. The van der Waals surface area contributed by atoms with Crippen molar-refractivity contribution >= 4 is 17.2 Å². The zero-order valence-electron chi connectivity index (χ0n) is 12.9. The van der Waals surface area contributed by atoms with E-state index in [0.717, 1.165) is 21.9 Å². The monoisotopic (exact) mass is 319 g/mol. The van der Waals surface area contributed by atoms with Crippen molar-refractivity contribution in [2.45, 2.75) is 26.8 Å². The lowest BCUT2D eigenvalue weighted by atomic mass is 10.1. The van der Waals surface area contributed by atoms with E-state index in [2.05, 4.69) is 10.3 Å². The van der Waals surface area contributed by atoms with E-state index in [4.69, 9.17) is 10.5 Å². The van der Waals surface area contributed by atoms with Crippen LogP contribution in [0.15, 0.2) is 23.6 Å². The van der Waals surface area contributed by atoms with Gasteiger partial charge in [-0.05, 0) is 32.0 Å². The first-order valence-electron chi connectivity index (χ1n) is 7.29. The zero-order valence-corrected chi connectivity index (χ0v) is 13.7. The second-order valence-corrected chi connectivity index (χ2v) is 5.83. The lowest BCUT2D eigenvalue weighted by Crippen LogP contribution is -2.23. The Bertz CT molecular complexity index is 640. The molecule has 1 aromatic carbocycles. The molecular formula is C16H21N3O2S. The third-order valence-corrected chi connectivity index (χ3v) is 4.01. The van der Waals surface area contributed by atoms with Gasteiger partial charge in [-0.25, -0.2) is 4.98 Å². The summed E-state index contributed by atoms with van der Waals surface area (Å²) in [5.41, 5.74) is 8.02. The van der Waals surface area contributed by atoms with Crippen LogP contribution in [-0.4, -0.2) is 24.0 Å². The molecule has 2 rings (SSSR count). The molecular weight excluding hydrogens is 298 g/mol. The van der Waals surface area contributed by atoms with Gasteiger partial charge in [-0.3, -0.25) is 4.79 Å². The summed E-state index contributed by atoms with van der Waals surface area (Å²) in [6.45, 7) is 5.50. The molecule has 0 spiro atoms. The van der Waals surface area contributed by atoms with Gasteiger partial charge in [-0.2, -0.15) is 0 Å². The average molecular weight is 319 g/mol. The number of hydrogen-bond acceptors (Lipinski definition) is 5. The maximum absolute atomic E-state index is 12.1. The molecule has 0 fully saturated rings. The molecule has 22 heavy (non-hydrogen) atoms. The topological polar surface area (TPSA) is 77.2 Å². The fourth-order valence-electron chi connectivity index (χ4n) is 2.02. The van der Waals surface area contributed by atoms with Crippen molar-refractivity contribution in [3.8, 4) is 5.75 Å². The Labute approximate surface area is 134 Å². The van der Waals surface area contributed by atoms with Crippen LogP contribution in [0.25, 0.3) is 0 Å². The summed E-state index contributed by atoms with van der Waals surface area (Å²) in [5, 5.41) is 5.53. The number of ether oxygens (including phenoxy) is 1. The quantitative estimate of drug-likeness (QED) is 0.821. The molecule has 1 aromatic heterocycles. The largest absolute Gasteiger partial charge is 0.494 e. The molecule has 0 bridgehead atoms. The zero-order chi connectivity index (χ0) is 15.9. The minimum Gasteiger partial charge on any atom is -0.494 e. The maximum Gasteiger partial charge on any atom is 0.271 e. The van der Waals surface area contributed by atoms with Gasteiger partial charge in [0.25, 0.3) is 5.91 Å². The molecule has 3 N–H and O–H groups in total. The highest BCUT2D eigenvalue weighted by Gasteiger charge is 2.11. The second kappa shape index (κ2) is 7.91. The summed E-state index contributed by atoms with van der Waals surface area (Å²) in [7, 11) is 0. The first-order chi connectivity index (χ1) is 10.6. The number of nitrogens with two attached hydrogens (primary N) is 1. The van der Waals surface area contributed by atoms with Gasteiger partial charge in [0, 0.05) is 23.9 Å². The minimum atomic E-state index is -0.178. The number of nitrogens with one attached hydrogen (secondary N) is 1. The molecule has 5 nitrogen and oxygen atoms in total. The molecule has 0 saturated carbocycles. The standard InChI is InChI=1S/C16H21N3O2S/c1-3-21-14-8-11(2)4-5-12(14)9-18-16(20)13-10-22-15(19-13)6-7-17/h4-5,8,10H,3,6-7,9,17H2,1-2H3,(H,18,20). The van der Waals surface area contributed by atoms with Crippen LogP contribution in [0, 0.1) is 6.92 Å². The third kappa shape index (κ3) is 4.29. The van der Waals surface area contributed by atoms with E-state index < -0.39 is 0 Å². The maximum atomic E-state index is 12.1. The molecule has 0 aliphatic heterocycles. The Morgan fingerprint density at radius 2 is 2.27 bits per heavy atom. The van der Waals surface area contributed by atoms with Gasteiger partial charge in [-0.15, -0.1) is 11.3 Å². The highest BCUT2D eigenvalue weighted by molar-refractivity contribution is 7.09. The van der Waals surface area contributed by atoms with Gasteiger partial charge >= 0.3 is 0 Å². The van der Waals surface area contributed by atoms with Crippen LogP contribution in [0.1, 0.15) is 33.5 Å². The molecule has 0 unspecified atom stereocenters. The number of aromatic nitrogens is 1. The number of nitrogens with zero attached hydrogens (tertiary/aromatic N) is 1. The highest BCUT2D eigenvalue weighted by atomic mass is 32.1. The SMILES string of the molecule is CCOc1cc(C)ccc1CNC(=O)c1csc(CCN)n1. The van der Waals surface area contributed by atoms with E-state index in [1.807, 2.05) is 32.0 Å².